The van der Waals surface area contributed by atoms with E-state index in [1.807, 2.05) is 82.2 Å². The third kappa shape index (κ3) is 21.1. The van der Waals surface area contributed by atoms with Crippen LogP contribution in [0.1, 0.15) is 43.6 Å². The predicted molar refractivity (Wildman–Crippen MR) is 285 cm³/mol. The Balaban J connectivity index is 0.000000240. The van der Waals surface area contributed by atoms with Crippen molar-refractivity contribution in [3.63, 3.8) is 0 Å². The van der Waals surface area contributed by atoms with E-state index >= 15 is 0 Å². The first kappa shape index (κ1) is 57.7. The Morgan fingerprint density at radius 2 is 0.899 bits per heavy atom. The molecule has 0 spiro atoms. The molecule has 0 unspecified atom stereocenters. The number of halogens is 5. The molecule has 366 valence electrons. The number of rotatable bonds is 12. The number of aromatic nitrogens is 6. The van der Waals surface area contributed by atoms with Crippen LogP contribution in [0.15, 0.2) is 156 Å². The number of ketones is 2. The molecule has 0 aliphatic heterocycles. The van der Waals surface area contributed by atoms with E-state index in [0.29, 0.717) is 69.9 Å². The van der Waals surface area contributed by atoms with E-state index < -0.39 is 20.2 Å². The molecule has 0 aliphatic rings. The van der Waals surface area contributed by atoms with Gasteiger partial charge in [0.25, 0.3) is 31.4 Å². The molecule has 25 heteroatoms. The molecule has 0 saturated carbocycles. The van der Waals surface area contributed by atoms with Gasteiger partial charge in [-0.25, -0.2) is 9.97 Å². The molecule has 6 aromatic heterocycles. The van der Waals surface area contributed by atoms with E-state index in [-0.39, 0.29) is 22.7 Å². The summed E-state index contributed by atoms with van der Waals surface area (Å²) >= 11 is 19.7. The Hall–Kier alpha value is -3.91. The number of thiophene rings is 2. The number of aryl methyl sites for hydroxylation is 2. The van der Waals surface area contributed by atoms with Gasteiger partial charge in [-0.15, -0.1) is 22.7 Å². The average molecular weight is 1390 g/mol. The quantitative estimate of drug-likeness (QED) is 0.0725. The van der Waals surface area contributed by atoms with Crippen molar-refractivity contribution in [1.82, 2.24) is 28.2 Å². The molecule has 0 atom stereocenters. The second-order valence-corrected chi connectivity index (χ2v) is 36.6. The Morgan fingerprint density at radius 3 is 1.19 bits per heavy atom. The largest absolute Gasteiger partial charge is 0.306 e. The smallest absolute Gasteiger partial charge is 0.255 e. The Kier molecular flexibility index (Phi) is 23.6. The van der Waals surface area contributed by atoms with E-state index in [0.717, 1.165) is 34.1 Å². The van der Waals surface area contributed by atoms with Gasteiger partial charge in [0.2, 0.25) is 0 Å². The number of hydrogen-bond donors (Lipinski definition) is 2. The number of hydrogen-bond acceptors (Lipinski definition) is 12. The van der Waals surface area contributed by atoms with Crippen molar-refractivity contribution in [3.05, 3.63) is 197 Å². The van der Waals surface area contributed by atoms with Crippen LogP contribution in [-0.2, 0) is 33.1 Å². The van der Waals surface area contributed by atoms with Crippen LogP contribution in [-0.4, -0.2) is 78.3 Å². The minimum absolute atomic E-state index is 0.0723. The normalized spacial score (nSPS) is 10.8. The molecule has 0 radical (unpaired) electrons. The van der Waals surface area contributed by atoms with Gasteiger partial charge in [-0.05, 0) is 97.8 Å². The number of nitrogens with zero attached hydrogens (tertiary/aromatic N) is 6. The van der Waals surface area contributed by atoms with Crippen LogP contribution in [0, 0.1) is 0 Å². The molecule has 0 saturated heterocycles. The number of carbonyl (C=O) groups excluding carboxylic acids is 2. The summed E-state index contributed by atoms with van der Waals surface area (Å²) in [5.74, 6) is 0.146. The van der Waals surface area contributed by atoms with E-state index in [1.54, 1.807) is 70.6 Å². The first-order chi connectivity index (χ1) is 32.6. The fourth-order valence-corrected chi connectivity index (χ4v) is 7.80. The van der Waals surface area contributed by atoms with Crippen LogP contribution >= 0.6 is 83.1 Å². The third-order valence-electron chi connectivity index (χ3n) is 8.68. The molecule has 8 aromatic rings. The molecule has 69 heavy (non-hydrogen) atoms. The van der Waals surface area contributed by atoms with E-state index in [9.17, 15) is 36.0 Å². The van der Waals surface area contributed by atoms with Crippen LogP contribution < -0.4 is 24.4 Å². The molecule has 0 amide bonds. The molecule has 2 aromatic carbocycles. The molecule has 8 rings (SSSR count). The maximum absolute atomic E-state index is 12.2. The molecule has 0 bridgehead atoms. The molecule has 0 aliphatic carbocycles. The Morgan fingerprint density at radius 1 is 0.580 bits per heavy atom. The fourth-order valence-electron chi connectivity index (χ4n) is 5.78. The number of Topliss-reactive ketones (excluding diaryl/α,β-unsaturated/α-hetero) is 2. The van der Waals surface area contributed by atoms with Gasteiger partial charge < -0.3 is 9.13 Å². The van der Waals surface area contributed by atoms with Crippen LogP contribution in [0.5, 0.6) is 0 Å². The van der Waals surface area contributed by atoms with Crippen molar-refractivity contribution in [2.45, 2.75) is 25.7 Å². The number of benzene rings is 2. The zero-order valence-electron chi connectivity index (χ0n) is 36.1. The van der Waals surface area contributed by atoms with Crippen LogP contribution in [0.25, 0.3) is 22.7 Å². The summed E-state index contributed by atoms with van der Waals surface area (Å²) < 4.78 is 60.0. The SMILES string of the molecule is CS(=O)(=O)O.CS(=O)(=O)O.I[I-]I.O=C(CCc1cn(-c2ccc(-n3ccccc3=O)cc2)cn1)c1ccc(Cl)s1.O=C(CCc1cn(-c2ccc(-n3ccccc3=O)cc2)cn1)c1ccc(Cl)s1. The summed E-state index contributed by atoms with van der Waals surface area (Å²) in [6, 6.07) is 32.4. The van der Waals surface area contributed by atoms with Gasteiger partial charge >= 0.3 is 50.5 Å². The molecule has 16 nitrogen and oxygen atoms in total. The molecule has 6 heterocycles. The summed E-state index contributed by atoms with van der Waals surface area (Å²) in [6.45, 7) is 0. The first-order valence-electron chi connectivity index (χ1n) is 19.5. The van der Waals surface area contributed by atoms with Gasteiger partial charge in [-0.2, -0.15) is 16.8 Å². The second kappa shape index (κ2) is 28.2. The predicted octanol–water partition coefficient (Wildman–Crippen LogP) is 6.89. The maximum atomic E-state index is 12.2. The van der Waals surface area contributed by atoms with Gasteiger partial charge in [0, 0.05) is 72.5 Å². The molecular formula is C44H40Cl2I3N6O10S4-. The second-order valence-electron chi connectivity index (χ2n) is 14.0. The Labute approximate surface area is 445 Å². The summed E-state index contributed by atoms with van der Waals surface area (Å²) in [4.78, 5) is 58.4. The zero-order valence-corrected chi connectivity index (χ0v) is 47.3. The Bertz CT molecular complexity index is 3050. The number of imidazole rings is 2. The van der Waals surface area contributed by atoms with Gasteiger partial charge in [0.1, 0.15) is 0 Å². The van der Waals surface area contributed by atoms with Gasteiger partial charge in [0.05, 0.1) is 55.0 Å². The molecule has 0 fully saturated rings. The number of carbonyl (C=O) groups is 2. The summed E-state index contributed by atoms with van der Waals surface area (Å²) in [5.41, 5.74) is 5.02. The van der Waals surface area contributed by atoms with Crippen molar-refractivity contribution in [1.29, 1.82) is 0 Å². The summed E-state index contributed by atoms with van der Waals surface area (Å²) in [6.07, 6.45) is 14.1. The summed E-state index contributed by atoms with van der Waals surface area (Å²) in [7, 11) is -7.33. The maximum Gasteiger partial charge on any atom is 0.255 e. The van der Waals surface area contributed by atoms with Crippen LogP contribution in [0.4, 0.5) is 0 Å². The van der Waals surface area contributed by atoms with Crippen molar-refractivity contribution >= 4 is 115 Å². The van der Waals surface area contributed by atoms with Crippen molar-refractivity contribution in [2.75, 3.05) is 12.5 Å². The van der Waals surface area contributed by atoms with Gasteiger partial charge in [0.15, 0.2) is 11.6 Å². The molecular weight excluding hydrogens is 1350 g/mol. The van der Waals surface area contributed by atoms with Crippen molar-refractivity contribution < 1.29 is 48.8 Å². The standard InChI is InChI=1S/2C21H16ClN3O2S.2CH4O3S.I3/c2*22-20-11-10-19(28-20)18(26)9-4-15-13-24(14-23-15)16-5-7-17(8-6-16)25-12-2-1-3-21(25)27;2*1-5(2,3)4;1-3-2/h2*1-3,5-8,10-14H,4,9H2;2*1H3,(H,2,3,4);/q;;;;-1. The third-order valence-corrected chi connectivity index (χ3v) is 11.2. The van der Waals surface area contributed by atoms with Gasteiger partial charge in [-0.3, -0.25) is 37.4 Å². The minimum Gasteiger partial charge on any atom is -0.306 e. The van der Waals surface area contributed by atoms with Crippen molar-refractivity contribution in [2.24, 2.45) is 0 Å². The minimum atomic E-state index is -3.67. The average Bonchev–Trinajstić information content (AvgIpc) is 4.14. The van der Waals surface area contributed by atoms with E-state index in [2.05, 4.69) is 47.2 Å². The van der Waals surface area contributed by atoms with Crippen LogP contribution in [0.2, 0.25) is 8.67 Å². The first-order valence-corrected chi connectivity index (χ1v) is 38.2. The zero-order chi connectivity index (χ0) is 50.7. The fraction of sp³-hybridized carbons (Fsp3) is 0.136. The molecule has 2 N–H and O–H groups in total. The van der Waals surface area contributed by atoms with Gasteiger partial charge in [-0.1, -0.05) is 35.3 Å². The monoisotopic (exact) mass is 1390 g/mol. The van der Waals surface area contributed by atoms with Crippen molar-refractivity contribution in [3.8, 4) is 22.7 Å². The number of pyridine rings is 2. The topological polar surface area (TPSA) is 223 Å². The van der Waals surface area contributed by atoms with E-state index in [4.69, 9.17) is 32.3 Å². The van der Waals surface area contributed by atoms with Crippen LogP contribution in [0.3, 0.4) is 0 Å². The van der Waals surface area contributed by atoms with E-state index in [1.165, 1.54) is 34.8 Å². The summed E-state index contributed by atoms with van der Waals surface area (Å²) in [5, 5.41) is 0.